The summed E-state index contributed by atoms with van der Waals surface area (Å²) in [6.07, 6.45) is 0.884. The molecular formula is C13H22N4O3. The Morgan fingerprint density at radius 3 is 2.90 bits per heavy atom. The molecule has 4 N–H and O–H groups in total. The molecule has 2 rings (SSSR count). The number of nitrogens with one attached hydrogen (secondary N) is 1. The van der Waals surface area contributed by atoms with Crippen LogP contribution in [0.3, 0.4) is 0 Å². The number of hydrogen-bond donors (Lipinski definition) is 3. The van der Waals surface area contributed by atoms with Gasteiger partial charge in [-0.1, -0.05) is 6.92 Å². The van der Waals surface area contributed by atoms with E-state index in [1.54, 1.807) is 14.0 Å². The van der Waals surface area contributed by atoms with Crippen LogP contribution in [0.2, 0.25) is 0 Å². The number of hydrogen-bond acceptors (Lipinski definition) is 5. The Hall–Kier alpha value is -1.60. The molecule has 7 nitrogen and oxygen atoms in total. The van der Waals surface area contributed by atoms with Crippen LogP contribution in [0.1, 0.15) is 36.5 Å². The van der Waals surface area contributed by atoms with Crippen LogP contribution in [0.4, 0.5) is 5.69 Å². The number of carbonyl (C=O) groups excluding carboxylic acids is 1. The van der Waals surface area contributed by atoms with E-state index < -0.39 is 5.60 Å². The monoisotopic (exact) mass is 282 g/mol. The van der Waals surface area contributed by atoms with Crippen LogP contribution in [0.25, 0.3) is 0 Å². The first-order valence-corrected chi connectivity index (χ1v) is 6.82. The minimum Gasteiger partial charge on any atom is -0.395 e. The Labute approximate surface area is 118 Å². The molecule has 2 heterocycles. The lowest BCUT2D eigenvalue weighted by molar-refractivity contribution is -0.0252. The number of aryl methyl sites for hydroxylation is 2. The van der Waals surface area contributed by atoms with Gasteiger partial charge in [0.05, 0.1) is 17.5 Å². The average molecular weight is 282 g/mol. The molecule has 0 bridgehead atoms. The Morgan fingerprint density at radius 2 is 2.40 bits per heavy atom. The Bertz CT molecular complexity index is 514. The predicted octanol–water partition coefficient (Wildman–Crippen LogP) is -0.166. The lowest BCUT2D eigenvalue weighted by Gasteiger charge is -2.26. The van der Waals surface area contributed by atoms with Crippen molar-refractivity contribution in [2.75, 3.05) is 18.9 Å². The van der Waals surface area contributed by atoms with Crippen LogP contribution in [-0.4, -0.2) is 45.7 Å². The molecule has 1 saturated heterocycles. The van der Waals surface area contributed by atoms with Gasteiger partial charge in [0.1, 0.15) is 11.3 Å². The minimum atomic E-state index is -1.02. The maximum atomic E-state index is 12.2. The highest BCUT2D eigenvalue weighted by atomic mass is 16.5. The van der Waals surface area contributed by atoms with E-state index in [2.05, 4.69) is 10.4 Å². The number of nitrogens with zero attached hydrogens (tertiary/aromatic N) is 2. The van der Waals surface area contributed by atoms with Crippen molar-refractivity contribution in [1.82, 2.24) is 15.1 Å². The lowest BCUT2D eigenvalue weighted by atomic mass is 9.97. The van der Waals surface area contributed by atoms with Gasteiger partial charge in [-0.15, -0.1) is 0 Å². The van der Waals surface area contributed by atoms with Crippen LogP contribution >= 0.6 is 0 Å². The number of nitrogen functional groups attached to an aromatic ring is 1. The molecule has 2 atom stereocenters. The second kappa shape index (κ2) is 5.41. The summed E-state index contributed by atoms with van der Waals surface area (Å²) >= 11 is 0. The number of aliphatic hydroxyl groups is 1. The molecule has 0 spiro atoms. The SMILES string of the molecule is CCc1nn(C)c(C(=O)NCC2(O)CCOC2C)c1N. The van der Waals surface area contributed by atoms with Gasteiger partial charge >= 0.3 is 0 Å². The molecule has 1 aromatic heterocycles. The fourth-order valence-corrected chi connectivity index (χ4v) is 2.45. The molecule has 0 saturated carbocycles. The van der Waals surface area contributed by atoms with Crippen molar-refractivity contribution in [1.29, 1.82) is 0 Å². The summed E-state index contributed by atoms with van der Waals surface area (Å²) in [6, 6.07) is 0. The Morgan fingerprint density at radius 1 is 1.70 bits per heavy atom. The van der Waals surface area contributed by atoms with Crippen LogP contribution < -0.4 is 11.1 Å². The van der Waals surface area contributed by atoms with E-state index in [1.807, 2.05) is 6.92 Å². The maximum Gasteiger partial charge on any atom is 0.271 e. The fraction of sp³-hybridized carbons (Fsp3) is 0.692. The highest BCUT2D eigenvalue weighted by Gasteiger charge is 2.40. The number of rotatable bonds is 4. The highest BCUT2D eigenvalue weighted by molar-refractivity contribution is 5.98. The van der Waals surface area contributed by atoms with Crippen molar-refractivity contribution in [3.8, 4) is 0 Å². The molecule has 1 fully saturated rings. The summed E-state index contributed by atoms with van der Waals surface area (Å²) < 4.78 is 6.81. The number of aromatic nitrogens is 2. The highest BCUT2D eigenvalue weighted by Crippen LogP contribution is 2.25. The summed E-state index contributed by atoms with van der Waals surface area (Å²) in [5.41, 5.74) is 6.34. The molecule has 1 aromatic rings. The normalized spacial score (nSPS) is 25.9. The standard InChI is InChI=1S/C13H22N4O3/c1-4-9-10(14)11(17(3)16-9)12(18)15-7-13(19)5-6-20-8(13)2/h8,19H,4-7,14H2,1-3H3,(H,15,18). The zero-order valence-electron chi connectivity index (χ0n) is 12.1. The van der Waals surface area contributed by atoms with Crippen LogP contribution in [-0.2, 0) is 18.2 Å². The predicted molar refractivity (Wildman–Crippen MR) is 74.3 cm³/mol. The molecule has 1 amide bonds. The quantitative estimate of drug-likeness (QED) is 0.712. The van der Waals surface area contributed by atoms with E-state index in [0.29, 0.717) is 36.5 Å². The molecule has 20 heavy (non-hydrogen) atoms. The molecule has 1 aliphatic heterocycles. The van der Waals surface area contributed by atoms with Crippen molar-refractivity contribution in [2.24, 2.45) is 7.05 Å². The van der Waals surface area contributed by atoms with Crippen molar-refractivity contribution in [2.45, 2.75) is 38.4 Å². The average Bonchev–Trinajstić information content (AvgIpc) is 2.88. The Balaban J connectivity index is 2.08. The Kier molecular flexibility index (Phi) is 4.01. The smallest absolute Gasteiger partial charge is 0.271 e. The van der Waals surface area contributed by atoms with Crippen LogP contribution in [0, 0.1) is 0 Å². The van der Waals surface area contributed by atoms with E-state index in [1.165, 1.54) is 4.68 Å². The topological polar surface area (TPSA) is 102 Å². The van der Waals surface area contributed by atoms with Crippen molar-refractivity contribution in [3.63, 3.8) is 0 Å². The summed E-state index contributed by atoms with van der Waals surface area (Å²) in [5, 5.41) is 17.3. The summed E-state index contributed by atoms with van der Waals surface area (Å²) in [4.78, 5) is 12.2. The van der Waals surface area contributed by atoms with E-state index in [-0.39, 0.29) is 18.6 Å². The van der Waals surface area contributed by atoms with Gasteiger partial charge in [0, 0.05) is 26.6 Å². The largest absolute Gasteiger partial charge is 0.395 e. The molecule has 112 valence electrons. The van der Waals surface area contributed by atoms with Gasteiger partial charge in [0.2, 0.25) is 0 Å². The number of anilines is 1. The van der Waals surface area contributed by atoms with Gasteiger partial charge in [0.15, 0.2) is 0 Å². The van der Waals surface area contributed by atoms with Gasteiger partial charge in [-0.05, 0) is 13.3 Å². The molecule has 2 unspecified atom stereocenters. The number of nitrogens with two attached hydrogens (primary N) is 1. The van der Waals surface area contributed by atoms with Crippen LogP contribution in [0.5, 0.6) is 0 Å². The maximum absolute atomic E-state index is 12.2. The van der Waals surface area contributed by atoms with Crippen LogP contribution in [0.15, 0.2) is 0 Å². The van der Waals surface area contributed by atoms with Gasteiger partial charge in [-0.25, -0.2) is 0 Å². The first-order chi connectivity index (χ1) is 9.39. The zero-order chi connectivity index (χ0) is 14.9. The second-order valence-corrected chi connectivity index (χ2v) is 5.24. The molecule has 0 radical (unpaired) electrons. The first kappa shape index (κ1) is 14.8. The van der Waals surface area contributed by atoms with E-state index in [0.717, 1.165) is 0 Å². The fourth-order valence-electron chi connectivity index (χ4n) is 2.45. The third-order valence-corrected chi connectivity index (χ3v) is 3.92. The van der Waals surface area contributed by atoms with E-state index >= 15 is 0 Å². The molecule has 1 aliphatic rings. The van der Waals surface area contributed by atoms with Crippen molar-refractivity contribution < 1.29 is 14.6 Å². The first-order valence-electron chi connectivity index (χ1n) is 6.82. The van der Waals surface area contributed by atoms with Gasteiger partial charge in [-0.2, -0.15) is 5.10 Å². The molecule has 7 heteroatoms. The number of carbonyl (C=O) groups is 1. The van der Waals surface area contributed by atoms with Gasteiger partial charge < -0.3 is 20.9 Å². The molecule has 0 aromatic carbocycles. The third-order valence-electron chi connectivity index (χ3n) is 3.92. The zero-order valence-corrected chi connectivity index (χ0v) is 12.1. The summed E-state index contributed by atoms with van der Waals surface area (Å²) in [7, 11) is 1.68. The number of amides is 1. The molecular weight excluding hydrogens is 260 g/mol. The third kappa shape index (κ3) is 2.51. The molecule has 0 aliphatic carbocycles. The second-order valence-electron chi connectivity index (χ2n) is 5.24. The van der Waals surface area contributed by atoms with Gasteiger partial charge in [0.25, 0.3) is 5.91 Å². The minimum absolute atomic E-state index is 0.138. The van der Waals surface area contributed by atoms with E-state index in [4.69, 9.17) is 10.5 Å². The lowest BCUT2D eigenvalue weighted by Crippen LogP contribution is -2.47. The van der Waals surface area contributed by atoms with Crippen molar-refractivity contribution >= 4 is 11.6 Å². The summed E-state index contributed by atoms with van der Waals surface area (Å²) in [6.45, 7) is 4.37. The number of ether oxygens (including phenoxy) is 1. The summed E-state index contributed by atoms with van der Waals surface area (Å²) in [5.74, 6) is -0.329. The van der Waals surface area contributed by atoms with E-state index in [9.17, 15) is 9.90 Å². The van der Waals surface area contributed by atoms with Crippen molar-refractivity contribution in [3.05, 3.63) is 11.4 Å². The van der Waals surface area contributed by atoms with Gasteiger partial charge in [-0.3, -0.25) is 9.48 Å².